The molecule has 1 aromatic rings. The average Bonchev–Trinajstić information content (AvgIpc) is 2.52. The molecule has 0 aliphatic carbocycles. The molecule has 0 fully saturated rings. The number of aromatic nitrogens is 1. The van der Waals surface area contributed by atoms with Crippen molar-refractivity contribution in [3.05, 3.63) is 16.1 Å². The molecule has 0 spiro atoms. The Bertz CT molecular complexity index is 255. The Morgan fingerprint density at radius 2 is 2.15 bits per heavy atom. The van der Waals surface area contributed by atoms with Crippen molar-refractivity contribution in [3.8, 4) is 0 Å². The minimum Gasteiger partial charge on any atom is -0.319 e. The first-order valence-corrected chi connectivity index (χ1v) is 5.63. The molecule has 0 radical (unpaired) electrons. The van der Waals surface area contributed by atoms with Gasteiger partial charge in [0.05, 0.1) is 10.7 Å². The fraction of sp³-hybridized carbons (Fsp3) is 0.700. The lowest BCUT2D eigenvalue weighted by atomic mass is 10.1. The molecular weight excluding hydrogens is 180 g/mol. The summed E-state index contributed by atoms with van der Waals surface area (Å²) in [6.45, 7) is 7.58. The largest absolute Gasteiger partial charge is 0.319 e. The average molecular weight is 198 g/mol. The van der Waals surface area contributed by atoms with E-state index in [1.165, 1.54) is 10.7 Å². The van der Waals surface area contributed by atoms with Crippen molar-refractivity contribution in [2.24, 2.45) is 0 Å². The van der Waals surface area contributed by atoms with Gasteiger partial charge >= 0.3 is 0 Å². The maximum Gasteiger partial charge on any atom is 0.0969 e. The van der Waals surface area contributed by atoms with Crippen LogP contribution in [0.4, 0.5) is 0 Å². The van der Waals surface area contributed by atoms with E-state index in [2.05, 4.69) is 36.5 Å². The summed E-state index contributed by atoms with van der Waals surface area (Å²) in [7, 11) is 1.98. The van der Waals surface area contributed by atoms with E-state index in [0.29, 0.717) is 11.8 Å². The van der Waals surface area contributed by atoms with Crippen LogP contribution in [-0.2, 0) is 0 Å². The summed E-state index contributed by atoms with van der Waals surface area (Å²) in [5.74, 6) is 1.08. The van der Waals surface area contributed by atoms with E-state index in [4.69, 9.17) is 0 Å². The van der Waals surface area contributed by atoms with Gasteiger partial charge in [-0.15, -0.1) is 11.3 Å². The second-order valence-corrected chi connectivity index (χ2v) is 4.61. The van der Waals surface area contributed by atoms with E-state index in [-0.39, 0.29) is 0 Å². The van der Waals surface area contributed by atoms with Crippen LogP contribution in [0.15, 0.2) is 5.38 Å². The SMILES string of the molecule is CNCC(C)c1nc(C(C)C)cs1. The predicted molar refractivity (Wildman–Crippen MR) is 58.5 cm³/mol. The van der Waals surface area contributed by atoms with Gasteiger partial charge in [0.1, 0.15) is 0 Å². The number of likely N-dealkylation sites (N-methyl/N-ethyl adjacent to an activating group) is 1. The molecule has 0 saturated heterocycles. The minimum absolute atomic E-state index is 0.530. The third-order valence-corrected chi connectivity index (χ3v) is 3.16. The fourth-order valence-corrected chi connectivity index (χ4v) is 2.23. The molecule has 0 bridgehead atoms. The lowest BCUT2D eigenvalue weighted by Crippen LogP contribution is -2.14. The molecule has 1 unspecified atom stereocenters. The number of rotatable bonds is 4. The third kappa shape index (κ3) is 2.78. The predicted octanol–water partition coefficient (Wildman–Crippen LogP) is 2.59. The number of hydrogen-bond acceptors (Lipinski definition) is 3. The summed E-state index contributed by atoms with van der Waals surface area (Å²) in [5, 5.41) is 6.59. The fourth-order valence-electron chi connectivity index (χ4n) is 1.19. The zero-order valence-electron chi connectivity index (χ0n) is 8.79. The first kappa shape index (κ1) is 10.7. The second kappa shape index (κ2) is 4.72. The molecule has 0 amide bonds. The van der Waals surface area contributed by atoms with Gasteiger partial charge in [-0.1, -0.05) is 20.8 Å². The van der Waals surface area contributed by atoms with Crippen LogP contribution in [-0.4, -0.2) is 18.6 Å². The van der Waals surface area contributed by atoms with Crippen molar-refractivity contribution in [3.63, 3.8) is 0 Å². The number of nitrogens with one attached hydrogen (secondary N) is 1. The Morgan fingerprint density at radius 3 is 2.62 bits per heavy atom. The van der Waals surface area contributed by atoms with Gasteiger partial charge in [0.15, 0.2) is 0 Å². The molecule has 74 valence electrons. The molecule has 0 aliphatic rings. The molecule has 3 heteroatoms. The van der Waals surface area contributed by atoms with Crippen LogP contribution in [0, 0.1) is 0 Å². The quantitative estimate of drug-likeness (QED) is 0.804. The van der Waals surface area contributed by atoms with E-state index in [9.17, 15) is 0 Å². The molecule has 1 rings (SSSR count). The molecule has 0 saturated carbocycles. The highest BCUT2D eigenvalue weighted by Crippen LogP contribution is 2.23. The van der Waals surface area contributed by atoms with Gasteiger partial charge in [-0.25, -0.2) is 4.98 Å². The lowest BCUT2D eigenvalue weighted by molar-refractivity contribution is 0.668. The van der Waals surface area contributed by atoms with Crippen LogP contribution in [0.1, 0.15) is 43.3 Å². The van der Waals surface area contributed by atoms with Crippen LogP contribution in [0.3, 0.4) is 0 Å². The molecule has 0 aromatic carbocycles. The normalized spacial score (nSPS) is 13.6. The smallest absolute Gasteiger partial charge is 0.0969 e. The Morgan fingerprint density at radius 1 is 1.46 bits per heavy atom. The first-order valence-electron chi connectivity index (χ1n) is 4.75. The number of nitrogens with zero attached hydrogens (tertiary/aromatic N) is 1. The third-order valence-electron chi connectivity index (χ3n) is 2.06. The van der Waals surface area contributed by atoms with Crippen molar-refractivity contribution in [2.45, 2.75) is 32.6 Å². The topological polar surface area (TPSA) is 24.9 Å². The van der Waals surface area contributed by atoms with E-state index in [1.807, 2.05) is 7.05 Å². The van der Waals surface area contributed by atoms with E-state index < -0.39 is 0 Å². The van der Waals surface area contributed by atoms with Crippen molar-refractivity contribution >= 4 is 11.3 Å². The zero-order valence-corrected chi connectivity index (χ0v) is 9.61. The molecule has 0 aliphatic heterocycles. The second-order valence-electron chi connectivity index (χ2n) is 3.72. The van der Waals surface area contributed by atoms with Gasteiger partial charge in [0.2, 0.25) is 0 Å². The molecular formula is C10H18N2S. The van der Waals surface area contributed by atoms with Crippen LogP contribution in [0.2, 0.25) is 0 Å². The van der Waals surface area contributed by atoms with Gasteiger partial charge in [0, 0.05) is 17.8 Å². The number of thiazole rings is 1. The molecule has 1 heterocycles. The van der Waals surface area contributed by atoms with Crippen molar-refractivity contribution in [2.75, 3.05) is 13.6 Å². The summed E-state index contributed by atoms with van der Waals surface area (Å²) in [6, 6.07) is 0. The van der Waals surface area contributed by atoms with E-state index >= 15 is 0 Å². The maximum absolute atomic E-state index is 4.61. The standard InChI is InChI=1S/C10H18N2S/c1-7(2)9-6-13-10(12-9)8(3)5-11-4/h6-8,11H,5H2,1-4H3. The van der Waals surface area contributed by atoms with Gasteiger partial charge in [-0.2, -0.15) is 0 Å². The van der Waals surface area contributed by atoms with Gasteiger partial charge < -0.3 is 5.32 Å². The van der Waals surface area contributed by atoms with Crippen LogP contribution < -0.4 is 5.32 Å². The molecule has 1 aromatic heterocycles. The summed E-state index contributed by atoms with van der Waals surface area (Å²) in [5.41, 5.74) is 1.22. The van der Waals surface area contributed by atoms with Crippen molar-refractivity contribution < 1.29 is 0 Å². The summed E-state index contributed by atoms with van der Waals surface area (Å²) in [6.07, 6.45) is 0. The summed E-state index contributed by atoms with van der Waals surface area (Å²) >= 11 is 1.77. The zero-order chi connectivity index (χ0) is 9.84. The summed E-state index contributed by atoms with van der Waals surface area (Å²) < 4.78 is 0. The molecule has 1 N–H and O–H groups in total. The van der Waals surface area contributed by atoms with Crippen molar-refractivity contribution in [1.29, 1.82) is 0 Å². The highest BCUT2D eigenvalue weighted by molar-refractivity contribution is 7.09. The van der Waals surface area contributed by atoms with Crippen LogP contribution in [0.5, 0.6) is 0 Å². The van der Waals surface area contributed by atoms with E-state index in [1.54, 1.807) is 11.3 Å². The van der Waals surface area contributed by atoms with E-state index in [0.717, 1.165) is 6.54 Å². The monoisotopic (exact) mass is 198 g/mol. The van der Waals surface area contributed by atoms with Gasteiger partial charge in [-0.05, 0) is 13.0 Å². The minimum atomic E-state index is 0.530. The Balaban J connectivity index is 2.67. The highest BCUT2D eigenvalue weighted by Gasteiger charge is 2.10. The number of hydrogen-bond donors (Lipinski definition) is 1. The maximum atomic E-state index is 4.61. The van der Waals surface area contributed by atoms with Crippen molar-refractivity contribution in [1.82, 2.24) is 10.3 Å². The van der Waals surface area contributed by atoms with Gasteiger partial charge in [0.25, 0.3) is 0 Å². The Kier molecular flexibility index (Phi) is 3.88. The molecule has 2 nitrogen and oxygen atoms in total. The first-order chi connectivity index (χ1) is 6.15. The van der Waals surface area contributed by atoms with Crippen LogP contribution in [0.25, 0.3) is 0 Å². The highest BCUT2D eigenvalue weighted by atomic mass is 32.1. The Hall–Kier alpha value is -0.410. The molecule has 1 atom stereocenters. The molecule has 13 heavy (non-hydrogen) atoms. The Labute approximate surface area is 84.4 Å². The summed E-state index contributed by atoms with van der Waals surface area (Å²) in [4.78, 5) is 4.61. The lowest BCUT2D eigenvalue weighted by Gasteiger charge is -2.06. The van der Waals surface area contributed by atoms with Crippen LogP contribution >= 0.6 is 11.3 Å². The van der Waals surface area contributed by atoms with Gasteiger partial charge in [-0.3, -0.25) is 0 Å².